The van der Waals surface area contributed by atoms with E-state index in [4.69, 9.17) is 5.73 Å². The molecule has 0 amide bonds. The van der Waals surface area contributed by atoms with Gasteiger partial charge in [-0.05, 0) is 13.8 Å². The molecular formula is C7H19N3O. The molecular weight excluding hydrogens is 142 g/mol. The summed E-state index contributed by atoms with van der Waals surface area (Å²) in [6.45, 7) is 6.79. The quantitative estimate of drug-likeness (QED) is 0.367. The van der Waals surface area contributed by atoms with Crippen LogP contribution in [0.4, 0.5) is 0 Å². The fourth-order valence-corrected chi connectivity index (χ4v) is 0.679. The van der Waals surface area contributed by atoms with Crippen molar-refractivity contribution in [1.82, 2.24) is 10.4 Å². The van der Waals surface area contributed by atoms with Crippen molar-refractivity contribution in [2.45, 2.75) is 19.9 Å². The molecule has 0 unspecified atom stereocenters. The van der Waals surface area contributed by atoms with Crippen LogP contribution in [0.2, 0.25) is 0 Å². The van der Waals surface area contributed by atoms with Crippen LogP contribution >= 0.6 is 0 Å². The fourth-order valence-electron chi connectivity index (χ4n) is 0.679. The first kappa shape index (κ1) is 10.8. The smallest absolute Gasteiger partial charge is 0.0366 e. The van der Waals surface area contributed by atoms with Crippen LogP contribution in [0.5, 0.6) is 0 Å². The number of nitrogens with zero attached hydrogens (tertiary/aromatic N) is 1. The van der Waals surface area contributed by atoms with E-state index in [1.54, 1.807) is 0 Å². The molecule has 68 valence electrons. The maximum Gasteiger partial charge on any atom is 0.0366 e. The molecule has 0 radical (unpaired) electrons. The lowest BCUT2D eigenvalue weighted by Gasteiger charge is -2.18. The fraction of sp³-hybridized carbons (Fsp3) is 1.00. The Morgan fingerprint density at radius 1 is 1.45 bits per heavy atom. The van der Waals surface area contributed by atoms with Gasteiger partial charge < -0.3 is 16.3 Å². The molecule has 0 aromatic carbocycles. The molecule has 0 fully saturated rings. The van der Waals surface area contributed by atoms with Gasteiger partial charge in [0.2, 0.25) is 0 Å². The summed E-state index contributed by atoms with van der Waals surface area (Å²) in [7, 11) is 0. The Morgan fingerprint density at radius 3 is 2.55 bits per heavy atom. The minimum Gasteiger partial charge on any atom is -0.329 e. The number of hydrogen-bond acceptors (Lipinski definition) is 4. The summed E-state index contributed by atoms with van der Waals surface area (Å²) in [5.41, 5.74) is 5.27. The maximum atomic E-state index is 9.19. The van der Waals surface area contributed by atoms with Crippen LogP contribution in [-0.4, -0.2) is 42.5 Å². The summed E-state index contributed by atoms with van der Waals surface area (Å²) in [6, 6.07) is 0.190. The zero-order valence-corrected chi connectivity index (χ0v) is 7.38. The van der Waals surface area contributed by atoms with Gasteiger partial charge in [0, 0.05) is 32.2 Å². The van der Waals surface area contributed by atoms with Crippen LogP contribution in [-0.2, 0) is 0 Å². The zero-order chi connectivity index (χ0) is 8.69. The van der Waals surface area contributed by atoms with Crippen molar-refractivity contribution in [1.29, 1.82) is 0 Å². The molecule has 0 saturated heterocycles. The molecule has 0 saturated carbocycles. The average Bonchev–Trinajstić information content (AvgIpc) is 1.97. The highest BCUT2D eigenvalue weighted by atomic mass is 16.5. The van der Waals surface area contributed by atoms with E-state index in [1.807, 2.05) is 13.8 Å². The van der Waals surface area contributed by atoms with Gasteiger partial charge in [0.05, 0.1) is 0 Å². The van der Waals surface area contributed by atoms with Crippen LogP contribution in [0.1, 0.15) is 13.8 Å². The number of hydrogen-bond donors (Lipinski definition) is 3. The Hall–Kier alpha value is -0.160. The van der Waals surface area contributed by atoms with Crippen molar-refractivity contribution in [2.24, 2.45) is 5.73 Å². The molecule has 0 aliphatic rings. The van der Waals surface area contributed by atoms with E-state index in [0.29, 0.717) is 13.1 Å². The van der Waals surface area contributed by atoms with E-state index in [0.717, 1.165) is 13.1 Å². The molecule has 4 N–H and O–H groups in total. The Morgan fingerprint density at radius 2 is 2.09 bits per heavy atom. The highest BCUT2D eigenvalue weighted by molar-refractivity contribution is 4.54. The van der Waals surface area contributed by atoms with Crippen molar-refractivity contribution in [3.63, 3.8) is 0 Å². The summed E-state index contributed by atoms with van der Waals surface area (Å²) >= 11 is 0. The predicted molar refractivity (Wildman–Crippen MR) is 45.6 cm³/mol. The molecule has 0 aromatic rings. The van der Waals surface area contributed by atoms with Gasteiger partial charge >= 0.3 is 0 Å². The van der Waals surface area contributed by atoms with Crippen LogP contribution in [0.25, 0.3) is 0 Å². The van der Waals surface area contributed by atoms with E-state index in [2.05, 4.69) is 5.32 Å². The lowest BCUT2D eigenvalue weighted by Crippen LogP contribution is -2.35. The van der Waals surface area contributed by atoms with E-state index in [9.17, 15) is 5.21 Å². The molecule has 0 rings (SSSR count). The molecule has 4 heteroatoms. The Balaban J connectivity index is 3.10. The molecule has 11 heavy (non-hydrogen) atoms. The zero-order valence-electron chi connectivity index (χ0n) is 7.38. The molecule has 0 bridgehead atoms. The lowest BCUT2D eigenvalue weighted by molar-refractivity contribution is -0.115. The number of rotatable bonds is 6. The second-order valence-corrected chi connectivity index (χ2v) is 2.80. The van der Waals surface area contributed by atoms with Gasteiger partial charge in [-0.25, -0.2) is 0 Å². The molecule has 0 aromatic heterocycles. The summed E-state index contributed by atoms with van der Waals surface area (Å²) in [5, 5.41) is 13.6. The monoisotopic (exact) mass is 161 g/mol. The van der Waals surface area contributed by atoms with Crippen LogP contribution in [0.3, 0.4) is 0 Å². The Bertz CT molecular complexity index is 87.8. The van der Waals surface area contributed by atoms with E-state index in [-0.39, 0.29) is 6.04 Å². The summed E-state index contributed by atoms with van der Waals surface area (Å²) < 4.78 is 0. The third-order valence-corrected chi connectivity index (χ3v) is 1.43. The van der Waals surface area contributed by atoms with Gasteiger partial charge in [0.1, 0.15) is 0 Å². The number of nitrogens with one attached hydrogen (secondary N) is 1. The second kappa shape index (κ2) is 6.54. The highest BCUT2D eigenvalue weighted by Gasteiger charge is 2.02. The van der Waals surface area contributed by atoms with Crippen molar-refractivity contribution < 1.29 is 5.21 Å². The third-order valence-electron chi connectivity index (χ3n) is 1.43. The highest BCUT2D eigenvalue weighted by Crippen LogP contribution is 1.89. The minimum absolute atomic E-state index is 0.190. The molecule has 4 nitrogen and oxygen atoms in total. The third kappa shape index (κ3) is 6.25. The van der Waals surface area contributed by atoms with Crippen LogP contribution < -0.4 is 11.1 Å². The van der Waals surface area contributed by atoms with Gasteiger partial charge in [-0.3, -0.25) is 0 Å². The lowest BCUT2D eigenvalue weighted by atomic mass is 10.4. The molecule has 0 aliphatic heterocycles. The summed E-state index contributed by atoms with van der Waals surface area (Å²) in [5.74, 6) is 0. The van der Waals surface area contributed by atoms with Gasteiger partial charge in [0.15, 0.2) is 0 Å². The van der Waals surface area contributed by atoms with Crippen LogP contribution in [0, 0.1) is 0 Å². The first-order valence-corrected chi connectivity index (χ1v) is 4.04. The topological polar surface area (TPSA) is 61.5 Å². The molecule has 0 spiro atoms. The van der Waals surface area contributed by atoms with E-state index < -0.39 is 0 Å². The standard InChI is InChI=1S/C7H19N3O/c1-7(2)10(11)6-5-9-4-3-8/h7,9,11H,3-6,8H2,1-2H3. The molecule has 0 atom stereocenters. The Labute approximate surface area is 68.3 Å². The predicted octanol–water partition coefficient (Wildman–Crippen LogP) is -0.366. The van der Waals surface area contributed by atoms with Crippen molar-refractivity contribution >= 4 is 0 Å². The van der Waals surface area contributed by atoms with Gasteiger partial charge in [-0.2, -0.15) is 5.06 Å². The maximum absolute atomic E-state index is 9.19. The van der Waals surface area contributed by atoms with Crippen molar-refractivity contribution in [3.8, 4) is 0 Å². The first-order valence-electron chi connectivity index (χ1n) is 4.04. The van der Waals surface area contributed by atoms with Gasteiger partial charge in [-0.15, -0.1) is 0 Å². The summed E-state index contributed by atoms with van der Waals surface area (Å²) in [4.78, 5) is 0. The first-order chi connectivity index (χ1) is 5.18. The molecule has 0 heterocycles. The van der Waals surface area contributed by atoms with Crippen LogP contribution in [0.15, 0.2) is 0 Å². The van der Waals surface area contributed by atoms with E-state index >= 15 is 0 Å². The van der Waals surface area contributed by atoms with E-state index in [1.165, 1.54) is 5.06 Å². The number of nitrogens with two attached hydrogens (primary N) is 1. The number of hydroxylamine groups is 2. The minimum atomic E-state index is 0.190. The Kier molecular flexibility index (Phi) is 6.45. The normalized spacial score (nSPS) is 11.5. The summed E-state index contributed by atoms with van der Waals surface area (Å²) in [6.07, 6.45) is 0. The van der Waals surface area contributed by atoms with Crippen molar-refractivity contribution in [2.75, 3.05) is 26.2 Å². The average molecular weight is 161 g/mol. The van der Waals surface area contributed by atoms with Gasteiger partial charge in [-0.1, -0.05) is 0 Å². The molecule has 0 aliphatic carbocycles. The van der Waals surface area contributed by atoms with Gasteiger partial charge in [0.25, 0.3) is 0 Å². The largest absolute Gasteiger partial charge is 0.329 e. The SMILES string of the molecule is CC(C)N(O)CCNCCN. The van der Waals surface area contributed by atoms with Crippen molar-refractivity contribution in [3.05, 3.63) is 0 Å². The second-order valence-electron chi connectivity index (χ2n) is 2.80.